The molecule has 0 saturated heterocycles. The van der Waals surface area contributed by atoms with Gasteiger partial charge in [0, 0.05) is 50.1 Å². The second-order valence-corrected chi connectivity index (χ2v) is 8.52. The van der Waals surface area contributed by atoms with Gasteiger partial charge in [-0.25, -0.2) is 9.80 Å². The van der Waals surface area contributed by atoms with Crippen molar-refractivity contribution in [2.75, 3.05) is 11.9 Å². The van der Waals surface area contributed by atoms with Crippen LogP contribution in [-0.2, 0) is 17.9 Å². The molecule has 2 aromatic rings. The molecule has 1 saturated carbocycles. The highest BCUT2D eigenvalue weighted by atomic mass is 16.2. The van der Waals surface area contributed by atoms with Crippen molar-refractivity contribution in [3.05, 3.63) is 59.4 Å². The molecule has 0 spiro atoms. The Balaban J connectivity index is 1.26. The second-order valence-electron chi connectivity index (χ2n) is 8.52. The molecule has 1 aromatic carbocycles. The first-order valence-electron chi connectivity index (χ1n) is 10.5. The highest BCUT2D eigenvalue weighted by molar-refractivity contribution is 6.06. The fourth-order valence-electron chi connectivity index (χ4n) is 4.07. The predicted octanol–water partition coefficient (Wildman–Crippen LogP) is 3.61. The SMILES string of the molecule is CC1CC(=O)N(CC2CC2)N=C1c1ccc(NC(=O)N2Cc3ccncc3C2)cc1. The van der Waals surface area contributed by atoms with E-state index >= 15 is 0 Å². The fourth-order valence-corrected chi connectivity index (χ4v) is 4.07. The Hall–Kier alpha value is -3.22. The van der Waals surface area contributed by atoms with Crippen molar-refractivity contribution in [2.45, 2.75) is 39.3 Å². The van der Waals surface area contributed by atoms with Crippen LogP contribution in [-0.4, -0.2) is 39.1 Å². The van der Waals surface area contributed by atoms with Gasteiger partial charge in [-0.3, -0.25) is 9.78 Å². The average Bonchev–Trinajstić information content (AvgIpc) is 3.45. The summed E-state index contributed by atoms with van der Waals surface area (Å²) < 4.78 is 0. The van der Waals surface area contributed by atoms with E-state index in [9.17, 15) is 9.59 Å². The Kier molecular flexibility index (Phi) is 4.73. The van der Waals surface area contributed by atoms with Crippen LogP contribution in [0.25, 0.3) is 0 Å². The smallest absolute Gasteiger partial charge is 0.316 e. The molecule has 30 heavy (non-hydrogen) atoms. The maximum atomic E-state index is 12.6. The lowest BCUT2D eigenvalue weighted by molar-refractivity contribution is -0.132. The highest BCUT2D eigenvalue weighted by Crippen LogP contribution is 2.32. The molecule has 1 N–H and O–H groups in total. The molecule has 1 atom stereocenters. The zero-order chi connectivity index (χ0) is 20.7. The van der Waals surface area contributed by atoms with Crippen LogP contribution in [0.1, 0.15) is 42.9 Å². The average molecular weight is 403 g/mol. The highest BCUT2D eigenvalue weighted by Gasteiger charge is 2.32. The third-order valence-electron chi connectivity index (χ3n) is 6.04. The number of anilines is 1. The van der Waals surface area contributed by atoms with Gasteiger partial charge in [0.2, 0.25) is 5.91 Å². The van der Waals surface area contributed by atoms with Gasteiger partial charge in [0.05, 0.1) is 5.71 Å². The third-order valence-corrected chi connectivity index (χ3v) is 6.04. The van der Waals surface area contributed by atoms with Crippen LogP contribution in [0.15, 0.2) is 47.8 Å². The maximum Gasteiger partial charge on any atom is 0.322 e. The fraction of sp³-hybridized carbons (Fsp3) is 0.391. The lowest BCUT2D eigenvalue weighted by atomic mass is 9.93. The first kappa shape index (κ1) is 18.8. The first-order valence-corrected chi connectivity index (χ1v) is 10.5. The number of fused-ring (bicyclic) bond motifs is 1. The Morgan fingerprint density at radius 1 is 1.13 bits per heavy atom. The number of hydrogen-bond acceptors (Lipinski definition) is 4. The number of hydrazone groups is 1. The van der Waals surface area contributed by atoms with Gasteiger partial charge in [-0.15, -0.1) is 0 Å². The molecule has 3 aliphatic rings. The quantitative estimate of drug-likeness (QED) is 0.847. The van der Waals surface area contributed by atoms with E-state index in [0.717, 1.165) is 34.6 Å². The zero-order valence-electron chi connectivity index (χ0n) is 17.0. The number of carbonyl (C=O) groups is 2. The molecular weight excluding hydrogens is 378 g/mol. The summed E-state index contributed by atoms with van der Waals surface area (Å²) in [5, 5.41) is 9.30. The van der Waals surface area contributed by atoms with E-state index in [-0.39, 0.29) is 17.9 Å². The summed E-state index contributed by atoms with van der Waals surface area (Å²) in [5.74, 6) is 0.811. The Morgan fingerprint density at radius 2 is 1.90 bits per heavy atom. The molecule has 1 aliphatic carbocycles. The molecular formula is C23H25N5O2. The van der Waals surface area contributed by atoms with Crippen molar-refractivity contribution in [3.8, 4) is 0 Å². The number of rotatable bonds is 4. The number of hydrogen-bond donors (Lipinski definition) is 1. The number of urea groups is 1. The third kappa shape index (κ3) is 3.79. The van der Waals surface area contributed by atoms with E-state index in [1.54, 1.807) is 16.1 Å². The zero-order valence-corrected chi connectivity index (χ0v) is 17.0. The number of aromatic nitrogens is 1. The van der Waals surface area contributed by atoms with E-state index in [2.05, 4.69) is 15.4 Å². The Labute approximate surface area is 175 Å². The number of nitrogens with zero attached hydrogens (tertiary/aromatic N) is 4. The molecule has 5 rings (SSSR count). The van der Waals surface area contributed by atoms with Crippen molar-refractivity contribution in [1.82, 2.24) is 14.9 Å². The number of carbonyl (C=O) groups excluding carboxylic acids is 2. The van der Waals surface area contributed by atoms with Crippen LogP contribution in [0.2, 0.25) is 0 Å². The number of benzene rings is 1. The summed E-state index contributed by atoms with van der Waals surface area (Å²) in [6.07, 6.45) is 6.46. The van der Waals surface area contributed by atoms with Gasteiger partial charge in [0.15, 0.2) is 0 Å². The Bertz CT molecular complexity index is 988. The van der Waals surface area contributed by atoms with Crippen LogP contribution in [0, 0.1) is 11.8 Å². The van der Waals surface area contributed by atoms with E-state index in [1.807, 2.05) is 43.5 Å². The maximum absolute atomic E-state index is 12.6. The van der Waals surface area contributed by atoms with Gasteiger partial charge in [-0.1, -0.05) is 19.1 Å². The predicted molar refractivity (Wildman–Crippen MR) is 114 cm³/mol. The molecule has 154 valence electrons. The summed E-state index contributed by atoms with van der Waals surface area (Å²) in [7, 11) is 0. The van der Waals surface area contributed by atoms with Crippen LogP contribution >= 0.6 is 0 Å². The molecule has 1 aromatic heterocycles. The standard InChI is InChI=1S/C23H25N5O2/c1-15-10-21(29)28(12-16-2-3-16)26-22(15)17-4-6-20(7-5-17)25-23(30)27-13-18-8-9-24-11-19(18)14-27/h4-9,11,15-16H,2-3,10,12-14H2,1H3,(H,25,30). The minimum absolute atomic E-state index is 0.0881. The number of nitrogens with one attached hydrogen (secondary N) is 1. The summed E-state index contributed by atoms with van der Waals surface area (Å²) >= 11 is 0. The van der Waals surface area contributed by atoms with Gasteiger partial charge in [0.25, 0.3) is 0 Å². The van der Waals surface area contributed by atoms with Gasteiger partial charge < -0.3 is 10.2 Å². The molecule has 0 radical (unpaired) electrons. The number of amides is 3. The van der Waals surface area contributed by atoms with E-state index < -0.39 is 0 Å². The first-order chi connectivity index (χ1) is 14.6. The van der Waals surface area contributed by atoms with Crippen molar-refractivity contribution in [2.24, 2.45) is 16.9 Å². The largest absolute Gasteiger partial charge is 0.322 e. The summed E-state index contributed by atoms with van der Waals surface area (Å²) in [4.78, 5) is 30.8. The summed E-state index contributed by atoms with van der Waals surface area (Å²) in [5.41, 5.74) is 4.92. The van der Waals surface area contributed by atoms with Gasteiger partial charge in [0.1, 0.15) is 0 Å². The molecule has 3 amide bonds. The van der Waals surface area contributed by atoms with Crippen molar-refractivity contribution < 1.29 is 9.59 Å². The summed E-state index contributed by atoms with van der Waals surface area (Å²) in [6.45, 7) is 3.95. The molecule has 7 nitrogen and oxygen atoms in total. The van der Waals surface area contributed by atoms with Crippen LogP contribution < -0.4 is 5.32 Å². The lowest BCUT2D eigenvalue weighted by Gasteiger charge is -2.27. The molecule has 1 fully saturated rings. The van der Waals surface area contributed by atoms with E-state index in [1.165, 1.54) is 12.8 Å². The Morgan fingerprint density at radius 3 is 2.63 bits per heavy atom. The van der Waals surface area contributed by atoms with Gasteiger partial charge >= 0.3 is 6.03 Å². The molecule has 3 heterocycles. The van der Waals surface area contributed by atoms with Gasteiger partial charge in [-0.2, -0.15) is 5.10 Å². The van der Waals surface area contributed by atoms with Crippen molar-refractivity contribution in [1.29, 1.82) is 0 Å². The lowest BCUT2D eigenvalue weighted by Crippen LogP contribution is -2.37. The number of pyridine rings is 1. The van der Waals surface area contributed by atoms with Crippen LogP contribution in [0.4, 0.5) is 10.5 Å². The molecule has 1 unspecified atom stereocenters. The normalized spacial score (nSPS) is 20.8. The van der Waals surface area contributed by atoms with Crippen LogP contribution in [0.5, 0.6) is 0 Å². The minimum Gasteiger partial charge on any atom is -0.316 e. The van der Waals surface area contributed by atoms with E-state index in [0.29, 0.717) is 25.4 Å². The monoisotopic (exact) mass is 403 g/mol. The van der Waals surface area contributed by atoms with E-state index in [4.69, 9.17) is 0 Å². The van der Waals surface area contributed by atoms with Gasteiger partial charge in [-0.05, 0) is 53.6 Å². The topological polar surface area (TPSA) is 77.9 Å². The van der Waals surface area contributed by atoms with Crippen molar-refractivity contribution >= 4 is 23.3 Å². The second kappa shape index (κ2) is 7.55. The van der Waals surface area contributed by atoms with Crippen molar-refractivity contribution in [3.63, 3.8) is 0 Å². The molecule has 7 heteroatoms. The molecule has 2 aliphatic heterocycles. The molecule has 0 bridgehead atoms. The minimum atomic E-state index is -0.122. The summed E-state index contributed by atoms with van der Waals surface area (Å²) in [6, 6.07) is 9.57. The van der Waals surface area contributed by atoms with Crippen LogP contribution in [0.3, 0.4) is 0 Å².